The van der Waals surface area contributed by atoms with Crippen LogP contribution in [0.5, 0.6) is 0 Å². The van der Waals surface area contributed by atoms with Gasteiger partial charge in [-0.05, 0) is 24.3 Å². The van der Waals surface area contributed by atoms with Gasteiger partial charge in [0.15, 0.2) is 5.69 Å². The summed E-state index contributed by atoms with van der Waals surface area (Å²) >= 11 is 10.9. The molecule has 4 rings (SSSR count). The first-order chi connectivity index (χ1) is 24.1. The molecule has 2 heterocycles. The van der Waals surface area contributed by atoms with Crippen molar-refractivity contribution in [1.82, 2.24) is 14.5 Å². The molecule has 0 saturated heterocycles. The quantitative estimate of drug-likeness (QED) is 0.124. The molecule has 0 atom stereocenters. The molecule has 0 aliphatic heterocycles. The third kappa shape index (κ3) is 13.9. The predicted molar refractivity (Wildman–Crippen MR) is 175 cm³/mol. The van der Waals surface area contributed by atoms with Crippen molar-refractivity contribution in [3.8, 4) is 5.69 Å². The molecule has 6 N–H and O–H groups in total. The number of anilines is 2. The Bertz CT molecular complexity index is 2150. The van der Waals surface area contributed by atoms with Gasteiger partial charge in [0.1, 0.15) is 17.3 Å². The third-order valence-electron chi connectivity index (χ3n) is 5.40. The molecule has 0 unspecified atom stereocenters. The van der Waals surface area contributed by atoms with Crippen molar-refractivity contribution in [2.45, 2.75) is 26.7 Å². The first-order valence-corrected chi connectivity index (χ1v) is 13.9. The summed E-state index contributed by atoms with van der Waals surface area (Å²) < 4.78 is 105. The van der Waals surface area contributed by atoms with E-state index in [9.17, 15) is 59.1 Å². The predicted octanol–water partition coefficient (Wildman–Crippen LogP) is 5.64. The average molecular weight is 826 g/mol. The van der Waals surface area contributed by atoms with E-state index in [1.807, 2.05) is 0 Å². The SMILES string of the molecule is C.CC(=O)O.CN(C)c1nc(C(F)(F)F)cc(=O)o1.Nc1cc(C(=O)O)c(Cl)cc1F.O=C(O)c1cc(-n2c(=O)cc(C(F)(F)F)[nH]c2=O)c(F)cc1Cl. The molecule has 296 valence electrons. The smallest absolute Gasteiger partial charge is 0.433 e. The van der Waals surface area contributed by atoms with Gasteiger partial charge >= 0.3 is 35.6 Å². The maximum absolute atomic E-state index is 13.9. The van der Waals surface area contributed by atoms with Crippen molar-refractivity contribution >= 4 is 52.8 Å². The van der Waals surface area contributed by atoms with E-state index in [1.165, 1.54) is 24.0 Å². The molecule has 0 fully saturated rings. The Kier molecular flexibility index (Phi) is 17.1. The molecule has 2 aromatic heterocycles. The fraction of sp³-hybridized carbons (Fsp3) is 0.207. The van der Waals surface area contributed by atoms with Crippen molar-refractivity contribution < 1.29 is 69.2 Å². The van der Waals surface area contributed by atoms with Gasteiger partial charge in [-0.2, -0.15) is 31.3 Å². The van der Waals surface area contributed by atoms with Crippen LogP contribution in [0.15, 0.2) is 55.2 Å². The number of aromatic nitrogens is 3. The lowest BCUT2D eigenvalue weighted by Gasteiger charge is -2.10. The number of nitrogens with one attached hydrogen (secondary N) is 1. The van der Waals surface area contributed by atoms with Crippen LogP contribution in [-0.2, 0) is 17.1 Å². The van der Waals surface area contributed by atoms with Gasteiger partial charge in [0.05, 0.1) is 38.6 Å². The molecular formula is C29H25Cl2F8N5O10. The molecule has 0 aliphatic carbocycles. The number of hydrogen-bond acceptors (Lipinski definition) is 10. The number of carboxylic acid groups (broad SMARTS) is 3. The van der Waals surface area contributed by atoms with E-state index in [2.05, 4.69) is 9.40 Å². The van der Waals surface area contributed by atoms with Gasteiger partial charge in [-0.15, -0.1) is 0 Å². The van der Waals surface area contributed by atoms with E-state index < -0.39 is 86.4 Å². The van der Waals surface area contributed by atoms with Gasteiger partial charge in [-0.3, -0.25) is 9.59 Å². The fourth-order valence-electron chi connectivity index (χ4n) is 3.20. The normalized spacial score (nSPS) is 10.5. The van der Waals surface area contributed by atoms with Gasteiger partial charge in [0, 0.05) is 27.1 Å². The summed E-state index contributed by atoms with van der Waals surface area (Å²) in [5.74, 6) is -5.61. The average Bonchev–Trinajstić information content (AvgIpc) is 2.98. The molecule has 0 saturated carbocycles. The zero-order valence-corrected chi connectivity index (χ0v) is 27.9. The Morgan fingerprint density at radius 1 is 0.833 bits per heavy atom. The second-order valence-corrected chi connectivity index (χ2v) is 10.5. The van der Waals surface area contributed by atoms with Gasteiger partial charge in [0.25, 0.3) is 17.5 Å². The number of hydrogen-bond donors (Lipinski definition) is 5. The van der Waals surface area contributed by atoms with E-state index in [1.54, 1.807) is 0 Å². The Balaban J connectivity index is 0.000000779. The summed E-state index contributed by atoms with van der Waals surface area (Å²) in [6.07, 6.45) is -9.62. The first kappa shape index (κ1) is 48.0. The number of halogens is 10. The monoisotopic (exact) mass is 825 g/mol. The van der Waals surface area contributed by atoms with Gasteiger partial charge in [0.2, 0.25) is 0 Å². The van der Waals surface area contributed by atoms with Crippen LogP contribution in [0.1, 0.15) is 46.5 Å². The van der Waals surface area contributed by atoms with Crippen LogP contribution in [-0.4, -0.2) is 61.9 Å². The van der Waals surface area contributed by atoms with Crippen LogP contribution in [0.25, 0.3) is 5.69 Å². The minimum absolute atomic E-state index is 0. The van der Waals surface area contributed by atoms with Crippen molar-refractivity contribution in [2.24, 2.45) is 0 Å². The topological polar surface area (TPSA) is 239 Å². The Morgan fingerprint density at radius 3 is 1.70 bits per heavy atom. The zero-order chi connectivity index (χ0) is 41.3. The lowest BCUT2D eigenvalue weighted by atomic mass is 10.2. The van der Waals surface area contributed by atoms with Crippen molar-refractivity contribution in [3.05, 3.63) is 112 Å². The number of benzene rings is 2. The summed E-state index contributed by atoms with van der Waals surface area (Å²) in [5, 5.41) is 24.2. The standard InChI is InChI=1S/C12H5ClF4N2O4.C7H5ClFNO2.C7H7F3N2O2.C2H4O2.CH4/c13-5-2-6(14)7(1-4(5)10(21)22)19-9(20)3-8(12(15,16)17)18-11(19)23;8-4-2-5(9)6(10)1-3(4)7(11)12;1-12(2)6-11-4(7(8,9)10)3-5(13)14-6;1-2(3)4;/h1-3H,(H,18,23)(H,21,22);1-2H,10H2,(H,11,12);3H,1-2H3;1H3,(H,3,4);1H4. The van der Waals surface area contributed by atoms with Crippen LogP contribution < -0.4 is 27.5 Å². The number of nitrogens with two attached hydrogens (primary N) is 1. The highest BCUT2D eigenvalue weighted by Gasteiger charge is 2.34. The maximum atomic E-state index is 13.9. The number of alkyl halides is 6. The second-order valence-electron chi connectivity index (χ2n) is 9.66. The highest BCUT2D eigenvalue weighted by molar-refractivity contribution is 6.34. The number of carbonyl (C=O) groups is 3. The van der Waals surface area contributed by atoms with Crippen LogP contribution >= 0.6 is 23.2 Å². The van der Waals surface area contributed by atoms with Crippen LogP contribution in [0.4, 0.5) is 46.8 Å². The molecule has 0 bridgehead atoms. The minimum Gasteiger partial charge on any atom is -0.481 e. The number of H-pyrrole nitrogens is 1. The third-order valence-corrected chi connectivity index (χ3v) is 6.02. The number of rotatable bonds is 4. The Morgan fingerprint density at radius 2 is 1.30 bits per heavy atom. The van der Waals surface area contributed by atoms with Crippen molar-refractivity contribution in [1.29, 1.82) is 0 Å². The molecule has 0 aliphatic rings. The second kappa shape index (κ2) is 19.2. The Hall–Kier alpha value is -5.97. The van der Waals surface area contributed by atoms with Crippen LogP contribution in [0, 0.1) is 11.6 Å². The summed E-state index contributed by atoms with van der Waals surface area (Å²) in [5.41, 5.74) is -3.77. The van der Waals surface area contributed by atoms with Gasteiger partial charge in [-0.1, -0.05) is 30.6 Å². The Labute approximate surface area is 305 Å². The molecule has 0 spiro atoms. The number of nitrogen functional groups attached to an aromatic ring is 1. The molecule has 2 aromatic carbocycles. The van der Waals surface area contributed by atoms with E-state index in [-0.39, 0.29) is 40.3 Å². The van der Waals surface area contributed by atoms with E-state index in [0.29, 0.717) is 18.2 Å². The zero-order valence-electron chi connectivity index (χ0n) is 26.4. The summed E-state index contributed by atoms with van der Waals surface area (Å²) in [4.78, 5) is 70.2. The van der Waals surface area contributed by atoms with Crippen LogP contribution in [0.3, 0.4) is 0 Å². The molecule has 54 heavy (non-hydrogen) atoms. The number of aromatic carboxylic acids is 2. The summed E-state index contributed by atoms with van der Waals surface area (Å²) in [6, 6.07) is 2.96. The lowest BCUT2D eigenvalue weighted by Crippen LogP contribution is -2.36. The largest absolute Gasteiger partial charge is 0.481 e. The summed E-state index contributed by atoms with van der Waals surface area (Å²) in [6.45, 7) is 1.08. The number of aromatic amines is 1. The number of carboxylic acids is 3. The highest BCUT2D eigenvalue weighted by atomic mass is 35.5. The molecule has 4 aromatic rings. The first-order valence-electron chi connectivity index (χ1n) is 13.2. The molecular weight excluding hydrogens is 801 g/mol. The number of nitrogens with zero attached hydrogens (tertiary/aromatic N) is 3. The van der Waals surface area contributed by atoms with E-state index in [0.717, 1.165) is 19.1 Å². The van der Waals surface area contributed by atoms with E-state index >= 15 is 0 Å². The molecule has 25 heteroatoms. The molecule has 0 amide bonds. The van der Waals surface area contributed by atoms with E-state index in [4.69, 9.17) is 49.0 Å². The molecule has 0 radical (unpaired) electrons. The molecule has 15 nitrogen and oxygen atoms in total. The number of aliphatic carboxylic acids is 1. The van der Waals surface area contributed by atoms with Gasteiger partial charge in [-0.25, -0.2) is 32.5 Å². The summed E-state index contributed by atoms with van der Waals surface area (Å²) in [7, 11) is 2.84. The van der Waals surface area contributed by atoms with Gasteiger partial charge < -0.3 is 35.4 Å². The fourth-order valence-corrected chi connectivity index (χ4v) is 3.67. The minimum atomic E-state index is -4.98. The lowest BCUT2D eigenvalue weighted by molar-refractivity contribution is -0.142. The maximum Gasteiger partial charge on any atom is 0.433 e. The van der Waals surface area contributed by atoms with Crippen molar-refractivity contribution in [2.75, 3.05) is 24.7 Å². The highest BCUT2D eigenvalue weighted by Crippen LogP contribution is 2.28. The van der Waals surface area contributed by atoms with Crippen molar-refractivity contribution in [3.63, 3.8) is 0 Å². The van der Waals surface area contributed by atoms with Crippen LogP contribution in [0.2, 0.25) is 10.0 Å².